The summed E-state index contributed by atoms with van der Waals surface area (Å²) in [5.41, 5.74) is 2.98. The van der Waals surface area contributed by atoms with E-state index >= 15 is 0 Å². The van der Waals surface area contributed by atoms with Gasteiger partial charge in [-0.05, 0) is 69.5 Å². The van der Waals surface area contributed by atoms with E-state index in [-0.39, 0.29) is 11.3 Å². The molecule has 0 atom stereocenters. The van der Waals surface area contributed by atoms with Gasteiger partial charge in [-0.15, -0.1) is 0 Å². The highest BCUT2D eigenvalue weighted by molar-refractivity contribution is 9.10. The summed E-state index contributed by atoms with van der Waals surface area (Å²) in [5, 5.41) is 15.5. The molecule has 0 aromatic heterocycles. The summed E-state index contributed by atoms with van der Waals surface area (Å²) >= 11 is 3.53. The summed E-state index contributed by atoms with van der Waals surface area (Å²) in [6, 6.07) is 22.2. The van der Waals surface area contributed by atoms with Crippen molar-refractivity contribution in [3.63, 3.8) is 0 Å². The van der Waals surface area contributed by atoms with Crippen molar-refractivity contribution in [1.29, 1.82) is 0 Å². The van der Waals surface area contributed by atoms with E-state index in [0.29, 0.717) is 17.0 Å². The average molecular weight is 489 g/mol. The minimum absolute atomic E-state index is 0.136. The summed E-state index contributed by atoms with van der Waals surface area (Å²) < 4.78 is 6.16. The second-order valence-electron chi connectivity index (χ2n) is 7.28. The molecule has 0 fully saturated rings. The molecule has 0 heterocycles. The van der Waals surface area contributed by atoms with Gasteiger partial charge < -0.3 is 15.2 Å². The summed E-state index contributed by atoms with van der Waals surface area (Å²) in [6.07, 6.45) is 1.59. The number of fused-ring (bicyclic) bond motifs is 1. The van der Waals surface area contributed by atoms with E-state index in [1.165, 1.54) is 7.11 Å². The second-order valence-corrected chi connectivity index (χ2v) is 8.13. The van der Waals surface area contributed by atoms with E-state index in [4.69, 9.17) is 4.74 Å². The lowest BCUT2D eigenvalue weighted by atomic mass is 9.99. The van der Waals surface area contributed by atoms with Crippen LogP contribution in [0.15, 0.2) is 82.3 Å². The number of carbonyl (C=O) groups excluding carboxylic acids is 1. The molecule has 0 spiro atoms. The Morgan fingerprint density at radius 3 is 2.59 bits per heavy atom. The molecule has 0 unspecified atom stereocenters. The van der Waals surface area contributed by atoms with Crippen LogP contribution in [0.2, 0.25) is 0 Å². The molecule has 0 aliphatic heterocycles. The van der Waals surface area contributed by atoms with Crippen LogP contribution < -0.4 is 10.1 Å². The Morgan fingerprint density at radius 1 is 1.06 bits per heavy atom. The number of aromatic hydroxyl groups is 1. The molecule has 0 bridgehead atoms. The molecular formula is C26H21BrN2O3. The maximum Gasteiger partial charge on any atom is 0.259 e. The smallest absolute Gasteiger partial charge is 0.259 e. The number of amides is 1. The fourth-order valence-electron chi connectivity index (χ4n) is 3.46. The Bertz CT molecular complexity index is 1350. The number of nitrogens with zero attached hydrogens (tertiary/aromatic N) is 1. The Morgan fingerprint density at radius 2 is 1.81 bits per heavy atom. The van der Waals surface area contributed by atoms with E-state index in [9.17, 15) is 9.90 Å². The van der Waals surface area contributed by atoms with Gasteiger partial charge in [-0.2, -0.15) is 0 Å². The first-order valence-electron chi connectivity index (χ1n) is 9.97. The number of phenols is 1. The van der Waals surface area contributed by atoms with Crippen molar-refractivity contribution in [2.75, 3.05) is 12.4 Å². The number of rotatable bonds is 5. The van der Waals surface area contributed by atoms with Gasteiger partial charge in [0.2, 0.25) is 0 Å². The minimum Gasteiger partial charge on any atom is -0.506 e. The third kappa shape index (κ3) is 4.36. The van der Waals surface area contributed by atoms with Gasteiger partial charge in [-0.1, -0.05) is 42.5 Å². The van der Waals surface area contributed by atoms with Crippen LogP contribution >= 0.6 is 15.9 Å². The fourth-order valence-corrected chi connectivity index (χ4v) is 4.05. The number of aliphatic imine (C=N–C) groups is 1. The summed E-state index contributed by atoms with van der Waals surface area (Å²) in [7, 11) is 1.54. The number of aryl methyl sites for hydroxylation is 1. The van der Waals surface area contributed by atoms with Gasteiger partial charge in [-0.25, -0.2) is 0 Å². The second kappa shape index (κ2) is 9.24. The molecule has 0 radical (unpaired) electrons. The van der Waals surface area contributed by atoms with Crippen molar-refractivity contribution >= 4 is 50.2 Å². The Kier molecular flexibility index (Phi) is 6.23. The zero-order valence-corrected chi connectivity index (χ0v) is 19.2. The Balaban J connectivity index is 1.79. The van der Waals surface area contributed by atoms with Gasteiger partial charge in [0.15, 0.2) is 0 Å². The van der Waals surface area contributed by atoms with Crippen LogP contribution in [0.3, 0.4) is 0 Å². The van der Waals surface area contributed by atoms with Crippen LogP contribution in [0.4, 0.5) is 11.4 Å². The number of hydrogen-bond acceptors (Lipinski definition) is 4. The molecule has 160 valence electrons. The van der Waals surface area contributed by atoms with Crippen molar-refractivity contribution in [3.8, 4) is 11.5 Å². The highest BCUT2D eigenvalue weighted by atomic mass is 79.9. The molecule has 4 aromatic carbocycles. The molecule has 4 aromatic rings. The SMILES string of the molecule is COc1ccccc1NC(=O)c1cc2ccccc2c(C=Nc2ccc(C)cc2Br)c1O. The standard InChI is InChI=1S/C26H21BrN2O3/c1-16-11-12-22(21(27)13-16)28-15-20-18-8-4-3-7-17(18)14-19(25(20)30)26(31)29-23-9-5-6-10-24(23)32-2/h3-15,30H,1-2H3,(H,29,31). The number of ether oxygens (including phenoxy) is 1. The lowest BCUT2D eigenvalue weighted by Crippen LogP contribution is -2.13. The minimum atomic E-state index is -0.441. The zero-order chi connectivity index (χ0) is 22.7. The molecule has 4 rings (SSSR count). The van der Waals surface area contributed by atoms with Crippen LogP contribution in [0.5, 0.6) is 11.5 Å². The lowest BCUT2D eigenvalue weighted by molar-refractivity contribution is 0.102. The molecule has 6 heteroatoms. The fraction of sp³-hybridized carbons (Fsp3) is 0.0769. The number of hydrogen-bond donors (Lipinski definition) is 2. The average Bonchev–Trinajstić information content (AvgIpc) is 2.79. The van der Waals surface area contributed by atoms with Crippen LogP contribution in [0.25, 0.3) is 10.8 Å². The Hall–Kier alpha value is -3.64. The summed E-state index contributed by atoms with van der Waals surface area (Å²) in [5.74, 6) is -0.0425. The number of phenolic OH excluding ortho intramolecular Hbond substituents is 1. The Labute approximate surface area is 194 Å². The van der Waals surface area contributed by atoms with Crippen molar-refractivity contribution in [3.05, 3.63) is 94.0 Å². The largest absolute Gasteiger partial charge is 0.506 e. The van der Waals surface area contributed by atoms with Crippen LogP contribution in [0, 0.1) is 6.92 Å². The van der Waals surface area contributed by atoms with E-state index in [1.54, 1.807) is 30.5 Å². The van der Waals surface area contributed by atoms with Gasteiger partial charge in [0.25, 0.3) is 5.91 Å². The number of para-hydroxylation sites is 2. The van der Waals surface area contributed by atoms with Gasteiger partial charge in [0.1, 0.15) is 11.5 Å². The third-order valence-electron chi connectivity index (χ3n) is 5.10. The highest BCUT2D eigenvalue weighted by Gasteiger charge is 2.18. The highest BCUT2D eigenvalue weighted by Crippen LogP contribution is 2.33. The van der Waals surface area contributed by atoms with Crippen LogP contribution in [-0.2, 0) is 0 Å². The molecule has 0 saturated carbocycles. The third-order valence-corrected chi connectivity index (χ3v) is 5.73. The number of halogens is 1. The number of methoxy groups -OCH3 is 1. The molecule has 32 heavy (non-hydrogen) atoms. The summed E-state index contributed by atoms with van der Waals surface area (Å²) in [6.45, 7) is 2.00. The number of carbonyl (C=O) groups is 1. The van der Waals surface area contributed by atoms with E-state index < -0.39 is 5.91 Å². The lowest BCUT2D eigenvalue weighted by Gasteiger charge is -2.13. The summed E-state index contributed by atoms with van der Waals surface area (Å²) in [4.78, 5) is 17.6. The quantitative estimate of drug-likeness (QED) is 0.309. The molecule has 2 N–H and O–H groups in total. The molecule has 0 aliphatic carbocycles. The first kappa shape index (κ1) is 21.6. The van der Waals surface area contributed by atoms with Crippen molar-refractivity contribution in [2.45, 2.75) is 6.92 Å². The molecule has 1 amide bonds. The maximum atomic E-state index is 13.1. The van der Waals surface area contributed by atoms with Gasteiger partial charge in [-0.3, -0.25) is 9.79 Å². The van der Waals surface area contributed by atoms with E-state index in [2.05, 4.69) is 26.2 Å². The predicted molar refractivity (Wildman–Crippen MR) is 133 cm³/mol. The first-order chi connectivity index (χ1) is 15.5. The van der Waals surface area contributed by atoms with Gasteiger partial charge in [0, 0.05) is 16.3 Å². The predicted octanol–water partition coefficient (Wildman–Crippen LogP) is 6.63. The van der Waals surface area contributed by atoms with Crippen LogP contribution in [0.1, 0.15) is 21.5 Å². The first-order valence-corrected chi connectivity index (χ1v) is 10.8. The molecule has 5 nitrogen and oxygen atoms in total. The monoisotopic (exact) mass is 488 g/mol. The molecule has 0 aliphatic rings. The molecular weight excluding hydrogens is 468 g/mol. The van der Waals surface area contributed by atoms with Gasteiger partial charge in [0.05, 0.1) is 24.0 Å². The van der Waals surface area contributed by atoms with Crippen molar-refractivity contribution < 1.29 is 14.6 Å². The topological polar surface area (TPSA) is 70.9 Å². The normalized spacial score (nSPS) is 11.1. The van der Waals surface area contributed by atoms with Crippen molar-refractivity contribution in [2.24, 2.45) is 4.99 Å². The maximum absolute atomic E-state index is 13.1. The van der Waals surface area contributed by atoms with E-state index in [0.717, 1.165) is 26.5 Å². The van der Waals surface area contributed by atoms with Gasteiger partial charge >= 0.3 is 0 Å². The number of anilines is 1. The number of benzene rings is 4. The van der Waals surface area contributed by atoms with E-state index in [1.807, 2.05) is 55.5 Å². The van der Waals surface area contributed by atoms with Crippen LogP contribution in [-0.4, -0.2) is 24.3 Å². The molecule has 0 saturated heterocycles. The zero-order valence-electron chi connectivity index (χ0n) is 17.6. The van der Waals surface area contributed by atoms with Crippen molar-refractivity contribution in [1.82, 2.24) is 0 Å². The number of nitrogens with one attached hydrogen (secondary N) is 1.